The highest BCUT2D eigenvalue weighted by Gasteiger charge is 2.37. The number of benzene rings is 3. The van der Waals surface area contributed by atoms with Crippen LogP contribution in [0, 0.1) is 19.7 Å². The topological polar surface area (TPSA) is 114 Å². The lowest BCUT2D eigenvalue weighted by Crippen LogP contribution is -2.54. The lowest BCUT2D eigenvalue weighted by Gasteiger charge is -2.27. The number of aryl methyl sites for hydroxylation is 2. The van der Waals surface area contributed by atoms with Crippen LogP contribution in [0.15, 0.2) is 60.2 Å². The molecular formula is C29H25ClFN3O6. The molecule has 1 aliphatic heterocycles. The molecule has 1 heterocycles. The monoisotopic (exact) mass is 565 g/mol. The van der Waals surface area contributed by atoms with Crippen molar-refractivity contribution in [3.8, 4) is 11.5 Å². The number of nitrogens with one attached hydrogen (secondary N) is 2. The second-order valence-electron chi connectivity index (χ2n) is 8.83. The van der Waals surface area contributed by atoms with Gasteiger partial charge >= 0.3 is 6.03 Å². The number of anilines is 2. The maximum Gasteiger partial charge on any atom is 0.335 e. The molecule has 0 radical (unpaired) electrons. The van der Waals surface area contributed by atoms with Crippen molar-refractivity contribution in [2.45, 2.75) is 20.8 Å². The van der Waals surface area contributed by atoms with E-state index in [1.165, 1.54) is 42.5 Å². The fraction of sp³-hybridized carbons (Fsp3) is 0.172. The molecule has 5 amide bonds. The van der Waals surface area contributed by atoms with Crippen LogP contribution in [-0.4, -0.2) is 37.0 Å². The average Bonchev–Trinajstić information content (AvgIpc) is 2.89. The molecule has 2 N–H and O–H groups in total. The molecule has 1 aliphatic rings. The first-order valence-electron chi connectivity index (χ1n) is 12.2. The third-order valence-corrected chi connectivity index (χ3v) is 6.25. The van der Waals surface area contributed by atoms with Gasteiger partial charge in [-0.05, 0) is 92.1 Å². The summed E-state index contributed by atoms with van der Waals surface area (Å²) in [5.41, 5.74) is 2.59. The van der Waals surface area contributed by atoms with Crippen LogP contribution in [0.5, 0.6) is 11.5 Å². The molecule has 40 heavy (non-hydrogen) atoms. The number of ether oxygens (including phenoxy) is 2. The van der Waals surface area contributed by atoms with Crippen LogP contribution < -0.4 is 25.0 Å². The Balaban J connectivity index is 1.58. The quantitative estimate of drug-likeness (QED) is 0.287. The van der Waals surface area contributed by atoms with Crippen LogP contribution in [0.25, 0.3) is 6.08 Å². The predicted octanol–water partition coefficient (Wildman–Crippen LogP) is 5.18. The summed E-state index contributed by atoms with van der Waals surface area (Å²) < 4.78 is 24.3. The lowest BCUT2D eigenvalue weighted by atomic mass is 10.0. The number of nitrogens with zero attached hydrogens (tertiary/aromatic N) is 1. The molecule has 0 unspecified atom stereocenters. The van der Waals surface area contributed by atoms with Gasteiger partial charge in [-0.25, -0.2) is 14.1 Å². The van der Waals surface area contributed by atoms with Crippen LogP contribution in [0.1, 0.15) is 23.6 Å². The maximum atomic E-state index is 13.3. The molecule has 0 bridgehead atoms. The molecule has 3 aromatic rings. The molecule has 0 aromatic heterocycles. The number of carbonyl (C=O) groups is 4. The SMILES string of the molecule is CCOc1cc(/C=C2/C(=O)NC(=O)N(c3ccc(C)c(C)c3)C2=O)cc(Cl)c1OCC(=O)Nc1ccc(F)cc1. The van der Waals surface area contributed by atoms with Gasteiger partial charge in [0.1, 0.15) is 11.4 Å². The normalized spacial score (nSPS) is 14.3. The standard InChI is InChI=1S/C29H25ClFN3O6/c1-4-39-24-14-18(13-23(30)26(24)40-15-25(35)32-20-8-6-19(31)7-9-20)12-22-27(36)33-29(38)34(28(22)37)21-10-5-16(2)17(3)11-21/h5-14H,4,15H2,1-3H3,(H,32,35)(H,33,36,38)/b22-12-. The van der Waals surface area contributed by atoms with Gasteiger partial charge in [-0.3, -0.25) is 19.7 Å². The molecule has 3 aromatic carbocycles. The summed E-state index contributed by atoms with van der Waals surface area (Å²) in [6.07, 6.45) is 1.29. The van der Waals surface area contributed by atoms with Crippen LogP contribution in [0.2, 0.25) is 5.02 Å². The van der Waals surface area contributed by atoms with Crippen LogP contribution >= 0.6 is 11.6 Å². The first-order chi connectivity index (χ1) is 19.1. The summed E-state index contributed by atoms with van der Waals surface area (Å²) in [6.45, 7) is 5.28. The summed E-state index contributed by atoms with van der Waals surface area (Å²) in [5, 5.41) is 4.82. The number of urea groups is 1. The average molecular weight is 566 g/mol. The number of imide groups is 2. The van der Waals surface area contributed by atoms with E-state index in [0.717, 1.165) is 16.0 Å². The summed E-state index contributed by atoms with van der Waals surface area (Å²) >= 11 is 6.44. The molecule has 11 heteroatoms. The van der Waals surface area contributed by atoms with Gasteiger partial charge < -0.3 is 14.8 Å². The highest BCUT2D eigenvalue weighted by atomic mass is 35.5. The highest BCUT2D eigenvalue weighted by Crippen LogP contribution is 2.37. The van der Waals surface area contributed by atoms with Crippen molar-refractivity contribution < 1.29 is 33.0 Å². The lowest BCUT2D eigenvalue weighted by molar-refractivity contribution is -0.122. The van der Waals surface area contributed by atoms with Crippen molar-refractivity contribution in [2.24, 2.45) is 0 Å². The van der Waals surface area contributed by atoms with Crippen molar-refractivity contribution >= 4 is 52.8 Å². The third-order valence-electron chi connectivity index (χ3n) is 5.97. The molecular weight excluding hydrogens is 541 g/mol. The Hall–Kier alpha value is -4.70. The number of barbiturate groups is 1. The highest BCUT2D eigenvalue weighted by molar-refractivity contribution is 6.39. The van der Waals surface area contributed by atoms with E-state index in [2.05, 4.69) is 10.6 Å². The van der Waals surface area contributed by atoms with Gasteiger partial charge in [0, 0.05) is 5.69 Å². The summed E-state index contributed by atoms with van der Waals surface area (Å²) in [7, 11) is 0. The summed E-state index contributed by atoms with van der Waals surface area (Å²) in [6, 6.07) is 12.4. The zero-order valence-electron chi connectivity index (χ0n) is 21.8. The zero-order valence-corrected chi connectivity index (χ0v) is 22.6. The Kier molecular flexibility index (Phi) is 8.49. The second-order valence-corrected chi connectivity index (χ2v) is 9.24. The van der Waals surface area contributed by atoms with Crippen molar-refractivity contribution in [1.29, 1.82) is 0 Å². The minimum Gasteiger partial charge on any atom is -0.490 e. The first-order valence-corrected chi connectivity index (χ1v) is 12.6. The minimum atomic E-state index is -0.859. The van der Waals surface area contributed by atoms with E-state index in [-0.39, 0.29) is 28.7 Å². The Bertz CT molecular complexity index is 1540. The van der Waals surface area contributed by atoms with Gasteiger partial charge in [-0.15, -0.1) is 0 Å². The molecule has 0 aliphatic carbocycles. The van der Waals surface area contributed by atoms with Gasteiger partial charge in [-0.2, -0.15) is 0 Å². The molecule has 1 fully saturated rings. The second kappa shape index (κ2) is 12.0. The number of amides is 5. The Morgan fingerprint density at radius 3 is 2.42 bits per heavy atom. The van der Waals surface area contributed by atoms with Gasteiger partial charge in [0.25, 0.3) is 17.7 Å². The minimum absolute atomic E-state index is 0.0538. The molecule has 0 saturated carbocycles. The van der Waals surface area contributed by atoms with E-state index in [9.17, 15) is 23.6 Å². The van der Waals surface area contributed by atoms with Gasteiger partial charge in [-0.1, -0.05) is 17.7 Å². The summed E-state index contributed by atoms with van der Waals surface area (Å²) in [5.74, 6) is -2.37. The van der Waals surface area contributed by atoms with Crippen LogP contribution in [-0.2, 0) is 14.4 Å². The van der Waals surface area contributed by atoms with Gasteiger partial charge in [0.05, 0.1) is 17.3 Å². The Morgan fingerprint density at radius 2 is 1.75 bits per heavy atom. The zero-order chi connectivity index (χ0) is 29.0. The van der Waals surface area contributed by atoms with Crippen molar-refractivity contribution in [2.75, 3.05) is 23.4 Å². The number of rotatable bonds is 8. The van der Waals surface area contributed by atoms with Crippen molar-refractivity contribution in [3.63, 3.8) is 0 Å². The molecule has 0 atom stereocenters. The third kappa shape index (κ3) is 6.29. The fourth-order valence-corrected chi connectivity index (χ4v) is 4.14. The van der Waals surface area contributed by atoms with E-state index < -0.39 is 36.2 Å². The number of carbonyl (C=O) groups excluding carboxylic acids is 4. The smallest absolute Gasteiger partial charge is 0.335 e. The van der Waals surface area contributed by atoms with E-state index in [1.807, 2.05) is 13.8 Å². The molecule has 1 saturated heterocycles. The van der Waals surface area contributed by atoms with E-state index in [4.69, 9.17) is 21.1 Å². The van der Waals surface area contributed by atoms with E-state index in [1.54, 1.807) is 25.1 Å². The van der Waals surface area contributed by atoms with Crippen molar-refractivity contribution in [1.82, 2.24) is 5.32 Å². The Morgan fingerprint density at radius 1 is 1.02 bits per heavy atom. The molecule has 206 valence electrons. The fourth-order valence-electron chi connectivity index (χ4n) is 3.87. The number of halogens is 2. The Labute approximate surface area is 234 Å². The first kappa shape index (κ1) is 28.3. The van der Waals surface area contributed by atoms with Crippen LogP contribution in [0.3, 0.4) is 0 Å². The molecule has 4 rings (SSSR count). The van der Waals surface area contributed by atoms with Gasteiger partial charge in [0.15, 0.2) is 18.1 Å². The number of hydrogen-bond donors (Lipinski definition) is 2. The largest absolute Gasteiger partial charge is 0.490 e. The predicted molar refractivity (Wildman–Crippen MR) is 148 cm³/mol. The van der Waals surface area contributed by atoms with Crippen molar-refractivity contribution in [3.05, 3.63) is 87.7 Å². The van der Waals surface area contributed by atoms with E-state index in [0.29, 0.717) is 16.9 Å². The summed E-state index contributed by atoms with van der Waals surface area (Å²) in [4.78, 5) is 51.7. The molecule has 0 spiro atoms. The van der Waals surface area contributed by atoms with Crippen LogP contribution in [0.4, 0.5) is 20.6 Å². The van der Waals surface area contributed by atoms with Gasteiger partial charge in [0.2, 0.25) is 0 Å². The van der Waals surface area contributed by atoms with E-state index >= 15 is 0 Å². The number of hydrogen-bond acceptors (Lipinski definition) is 6. The maximum absolute atomic E-state index is 13.3. The molecule has 9 nitrogen and oxygen atoms in total.